The molecule has 16 heavy (non-hydrogen) atoms. The Labute approximate surface area is 101 Å². The quantitative estimate of drug-likeness (QED) is 0.767. The molecule has 1 rings (SSSR count). The third-order valence-corrected chi connectivity index (χ3v) is 9.67. The van der Waals surface area contributed by atoms with Crippen molar-refractivity contribution >= 4 is 17.0 Å². The summed E-state index contributed by atoms with van der Waals surface area (Å²) in [5.41, 5.74) is 0.128. The van der Waals surface area contributed by atoms with Gasteiger partial charge in [0, 0.05) is 20.8 Å². The van der Waals surface area contributed by atoms with Crippen molar-refractivity contribution in [2.75, 3.05) is 20.8 Å². The van der Waals surface area contributed by atoms with Crippen LogP contribution in [0, 0.1) is 0 Å². The molecule has 0 spiro atoms. The summed E-state index contributed by atoms with van der Waals surface area (Å²) in [5, 5.41) is 0. The van der Waals surface area contributed by atoms with Crippen molar-refractivity contribution in [3.8, 4) is 0 Å². The van der Waals surface area contributed by atoms with E-state index in [9.17, 15) is 0 Å². The molecule has 1 fully saturated rings. The Kier molecular flexibility index (Phi) is 5.15. The maximum Gasteiger partial charge on any atom is 0.448 e. The van der Waals surface area contributed by atoms with Gasteiger partial charge in [0.1, 0.15) is 14.0 Å². The van der Waals surface area contributed by atoms with E-state index in [2.05, 4.69) is 24.3 Å². The normalized spacial score (nSPS) is 23.4. The van der Waals surface area contributed by atoms with Crippen molar-refractivity contribution in [1.29, 1.82) is 0 Å². The second-order valence-corrected chi connectivity index (χ2v) is 13.6. The Morgan fingerprint density at radius 1 is 1.12 bits per heavy atom. The maximum absolute atomic E-state index is 5.84. The average Bonchev–Trinajstić information content (AvgIpc) is 2.26. The van der Waals surface area contributed by atoms with E-state index < -0.39 is 17.0 Å². The SMILES string of the molecule is CO[Si](N[Si](C)(C)C)(OC)C1CCCCO1. The molecule has 0 bridgehead atoms. The first kappa shape index (κ1) is 14.3. The van der Waals surface area contributed by atoms with Gasteiger partial charge in [-0.3, -0.25) is 0 Å². The molecular formula is C10H25NO3Si2. The lowest BCUT2D eigenvalue weighted by Crippen LogP contribution is -2.71. The van der Waals surface area contributed by atoms with Gasteiger partial charge in [0.2, 0.25) is 0 Å². The van der Waals surface area contributed by atoms with E-state index in [-0.39, 0.29) is 5.73 Å². The van der Waals surface area contributed by atoms with Gasteiger partial charge in [-0.2, -0.15) is 0 Å². The van der Waals surface area contributed by atoms with Crippen LogP contribution in [-0.2, 0) is 13.6 Å². The van der Waals surface area contributed by atoms with Crippen molar-refractivity contribution in [2.24, 2.45) is 0 Å². The van der Waals surface area contributed by atoms with Crippen LogP contribution in [0.15, 0.2) is 0 Å². The molecule has 1 aliphatic rings. The molecule has 0 radical (unpaired) electrons. The van der Waals surface area contributed by atoms with Crippen LogP contribution in [0.3, 0.4) is 0 Å². The third-order valence-electron chi connectivity index (χ3n) is 2.76. The zero-order chi connectivity index (χ0) is 12.2. The summed E-state index contributed by atoms with van der Waals surface area (Å²) in [5.74, 6) is 0. The van der Waals surface area contributed by atoms with Crippen molar-refractivity contribution < 1.29 is 13.6 Å². The van der Waals surface area contributed by atoms with Gasteiger partial charge in [-0.1, -0.05) is 19.6 Å². The molecule has 0 aromatic heterocycles. The van der Waals surface area contributed by atoms with Crippen molar-refractivity contribution in [3.63, 3.8) is 0 Å². The lowest BCUT2D eigenvalue weighted by atomic mass is 10.2. The van der Waals surface area contributed by atoms with Crippen LogP contribution in [-0.4, -0.2) is 43.5 Å². The van der Waals surface area contributed by atoms with Crippen LogP contribution in [0.5, 0.6) is 0 Å². The molecule has 1 unspecified atom stereocenters. The van der Waals surface area contributed by atoms with Crippen LogP contribution >= 0.6 is 0 Å². The minimum atomic E-state index is -2.39. The lowest BCUT2D eigenvalue weighted by Gasteiger charge is -2.40. The van der Waals surface area contributed by atoms with Gasteiger partial charge in [-0.05, 0) is 19.3 Å². The van der Waals surface area contributed by atoms with Crippen LogP contribution in [0.2, 0.25) is 19.6 Å². The molecule has 4 nitrogen and oxygen atoms in total. The van der Waals surface area contributed by atoms with Crippen LogP contribution < -0.4 is 4.65 Å². The second kappa shape index (κ2) is 5.74. The van der Waals surface area contributed by atoms with E-state index in [1.165, 1.54) is 6.42 Å². The monoisotopic (exact) mass is 263 g/mol. The Hall–Kier alpha value is 0.274. The summed E-state index contributed by atoms with van der Waals surface area (Å²) in [6.45, 7) is 7.61. The summed E-state index contributed by atoms with van der Waals surface area (Å²) in [6, 6.07) is 0. The molecular weight excluding hydrogens is 238 g/mol. The molecule has 1 heterocycles. The van der Waals surface area contributed by atoms with Gasteiger partial charge >= 0.3 is 8.72 Å². The summed E-state index contributed by atoms with van der Waals surface area (Å²) < 4.78 is 20.9. The zero-order valence-electron chi connectivity index (χ0n) is 11.1. The Bertz CT molecular complexity index is 211. The van der Waals surface area contributed by atoms with Crippen LogP contribution in [0.4, 0.5) is 0 Å². The van der Waals surface area contributed by atoms with Crippen molar-refractivity contribution in [3.05, 3.63) is 0 Å². The van der Waals surface area contributed by atoms with Gasteiger partial charge < -0.3 is 18.2 Å². The van der Waals surface area contributed by atoms with E-state index in [1.54, 1.807) is 14.2 Å². The number of nitrogens with one attached hydrogen (secondary N) is 1. The predicted molar refractivity (Wildman–Crippen MR) is 69.8 cm³/mol. The van der Waals surface area contributed by atoms with E-state index in [0.717, 1.165) is 19.4 Å². The third kappa shape index (κ3) is 3.64. The summed E-state index contributed by atoms with van der Waals surface area (Å²) in [7, 11) is -0.351. The first-order valence-corrected chi connectivity index (χ1v) is 11.3. The summed E-state index contributed by atoms with van der Waals surface area (Å²) in [4.78, 5) is 0. The summed E-state index contributed by atoms with van der Waals surface area (Å²) in [6.07, 6.45) is 3.41. The fourth-order valence-electron chi connectivity index (χ4n) is 2.09. The van der Waals surface area contributed by atoms with Crippen molar-refractivity contribution in [2.45, 2.75) is 44.6 Å². The lowest BCUT2D eigenvalue weighted by molar-refractivity contribution is 0.0239. The minimum Gasteiger partial charge on any atom is -0.385 e. The van der Waals surface area contributed by atoms with E-state index in [1.807, 2.05) is 0 Å². The average molecular weight is 263 g/mol. The standard InChI is InChI=1S/C10H25NO3Si2/c1-12-16(13-2,11-15(3,4)5)10-8-6-7-9-14-10/h10-11H,6-9H2,1-5H3. The van der Waals surface area contributed by atoms with Gasteiger partial charge in [0.05, 0.1) is 0 Å². The Morgan fingerprint density at radius 3 is 2.12 bits per heavy atom. The molecule has 1 aliphatic heterocycles. The van der Waals surface area contributed by atoms with E-state index in [4.69, 9.17) is 13.6 Å². The largest absolute Gasteiger partial charge is 0.448 e. The maximum atomic E-state index is 5.84. The molecule has 96 valence electrons. The zero-order valence-corrected chi connectivity index (χ0v) is 13.1. The molecule has 0 aromatic carbocycles. The smallest absolute Gasteiger partial charge is 0.385 e. The second-order valence-electron chi connectivity index (χ2n) is 5.31. The highest BCUT2D eigenvalue weighted by atomic mass is 28.4. The highest BCUT2D eigenvalue weighted by Crippen LogP contribution is 2.23. The Balaban J connectivity index is 2.76. The molecule has 1 saturated heterocycles. The molecule has 1 atom stereocenters. The molecule has 0 aromatic rings. The number of hydrogen-bond acceptors (Lipinski definition) is 4. The number of rotatable bonds is 5. The fourth-order valence-corrected chi connectivity index (χ4v) is 9.35. The molecule has 0 saturated carbocycles. The molecule has 0 aliphatic carbocycles. The summed E-state index contributed by atoms with van der Waals surface area (Å²) >= 11 is 0. The van der Waals surface area contributed by atoms with E-state index >= 15 is 0 Å². The topological polar surface area (TPSA) is 39.7 Å². The highest BCUT2D eigenvalue weighted by molar-refractivity contribution is 6.86. The minimum absolute atomic E-state index is 0.128. The van der Waals surface area contributed by atoms with Crippen LogP contribution in [0.25, 0.3) is 0 Å². The highest BCUT2D eigenvalue weighted by Gasteiger charge is 2.49. The molecule has 6 heteroatoms. The molecule has 0 amide bonds. The first-order valence-electron chi connectivity index (χ1n) is 5.95. The van der Waals surface area contributed by atoms with Gasteiger partial charge in [0.15, 0.2) is 0 Å². The number of ether oxygens (including phenoxy) is 1. The number of hydrogen-bond donors (Lipinski definition) is 1. The van der Waals surface area contributed by atoms with Gasteiger partial charge in [-0.25, -0.2) is 0 Å². The fraction of sp³-hybridized carbons (Fsp3) is 1.00. The Morgan fingerprint density at radius 2 is 1.75 bits per heavy atom. The van der Waals surface area contributed by atoms with Gasteiger partial charge in [0.25, 0.3) is 0 Å². The predicted octanol–water partition coefficient (Wildman–Crippen LogP) is 1.75. The van der Waals surface area contributed by atoms with Crippen LogP contribution in [0.1, 0.15) is 19.3 Å². The molecule has 1 N–H and O–H groups in total. The van der Waals surface area contributed by atoms with Gasteiger partial charge in [-0.15, -0.1) is 0 Å². The first-order chi connectivity index (χ1) is 7.43. The van der Waals surface area contributed by atoms with Crippen molar-refractivity contribution in [1.82, 2.24) is 4.65 Å². The van der Waals surface area contributed by atoms with E-state index in [0.29, 0.717) is 0 Å².